The van der Waals surface area contributed by atoms with Gasteiger partial charge in [-0.15, -0.1) is 0 Å². The number of carbonyl (C=O) groups is 1. The van der Waals surface area contributed by atoms with Gasteiger partial charge in [0.1, 0.15) is 29.7 Å². The number of pyridine rings is 1. The van der Waals surface area contributed by atoms with E-state index >= 15 is 0 Å². The molecule has 12 nitrogen and oxygen atoms in total. The lowest BCUT2D eigenvalue weighted by Crippen LogP contribution is -2.37. The molecular weight excluding hydrogens is 532 g/mol. The summed E-state index contributed by atoms with van der Waals surface area (Å²) >= 11 is 6.56. The molecule has 0 saturated heterocycles. The van der Waals surface area contributed by atoms with Gasteiger partial charge in [0.05, 0.1) is 30.0 Å². The Labute approximate surface area is 232 Å². The maximum absolute atomic E-state index is 12.2. The predicted molar refractivity (Wildman–Crippen MR) is 148 cm³/mol. The number of benzene rings is 1. The van der Waals surface area contributed by atoms with Crippen molar-refractivity contribution in [1.29, 1.82) is 0 Å². The zero-order chi connectivity index (χ0) is 27.2. The van der Waals surface area contributed by atoms with Crippen molar-refractivity contribution >= 4 is 40.2 Å². The van der Waals surface area contributed by atoms with Gasteiger partial charge in [0.15, 0.2) is 11.5 Å². The van der Waals surface area contributed by atoms with E-state index in [1.165, 1.54) is 18.7 Å². The largest absolute Gasteiger partial charge is 0.456 e. The zero-order valence-electron chi connectivity index (χ0n) is 21.0. The molecule has 6 heterocycles. The van der Waals surface area contributed by atoms with Gasteiger partial charge in [-0.1, -0.05) is 18.2 Å². The molecule has 0 fully saturated rings. The molecule has 1 amide bonds. The van der Waals surface area contributed by atoms with Crippen LogP contribution < -0.4 is 10.1 Å². The molecule has 0 radical (unpaired) electrons. The van der Waals surface area contributed by atoms with Crippen LogP contribution in [0.2, 0.25) is 5.02 Å². The van der Waals surface area contributed by atoms with Crippen molar-refractivity contribution in [2.75, 3.05) is 11.9 Å². The van der Waals surface area contributed by atoms with E-state index < -0.39 is 0 Å². The van der Waals surface area contributed by atoms with E-state index in [9.17, 15) is 4.79 Å². The number of halogens is 1. The average Bonchev–Trinajstić information content (AvgIpc) is 3.71. The van der Waals surface area contributed by atoms with Gasteiger partial charge in [-0.2, -0.15) is 15.3 Å². The minimum Gasteiger partial charge on any atom is -0.456 e. The molecule has 5 aromatic heterocycles. The Bertz CT molecular complexity index is 1920. The lowest BCUT2D eigenvalue weighted by Gasteiger charge is -2.27. The van der Waals surface area contributed by atoms with E-state index in [2.05, 4.69) is 37.2 Å². The summed E-state index contributed by atoms with van der Waals surface area (Å²) in [6.45, 7) is 5.30. The standard InChI is InChI=1S/C27H21ClN10O2/c1-2-26(39)35-7-8-36-23(14-35)20(12-31-36)17-9-22-27(30-16-33-38(22)13-17)34-18-3-4-24(21(28)10-18)40-19-5-6-37-25(11-19)29-15-32-37/h2-6,9-13,15-16H,1,7-8,14H2,(H,30,33,34). The lowest BCUT2D eigenvalue weighted by molar-refractivity contribution is -0.127. The molecule has 0 unspecified atom stereocenters. The van der Waals surface area contributed by atoms with Gasteiger partial charge in [0.25, 0.3) is 0 Å². The van der Waals surface area contributed by atoms with Crippen LogP contribution in [0.25, 0.3) is 22.3 Å². The number of nitrogens with one attached hydrogen (secondary N) is 1. The highest BCUT2D eigenvalue weighted by atomic mass is 35.5. The Balaban J connectivity index is 1.15. The second-order valence-electron chi connectivity index (χ2n) is 9.16. The molecule has 1 aliphatic heterocycles. The fourth-order valence-corrected chi connectivity index (χ4v) is 4.98. The van der Waals surface area contributed by atoms with Crippen molar-refractivity contribution < 1.29 is 9.53 Å². The molecule has 1 aromatic carbocycles. The fourth-order valence-electron chi connectivity index (χ4n) is 4.76. The number of hydrogen-bond acceptors (Lipinski definition) is 8. The first-order chi connectivity index (χ1) is 19.6. The van der Waals surface area contributed by atoms with Crippen molar-refractivity contribution in [3.05, 3.63) is 91.0 Å². The van der Waals surface area contributed by atoms with Crippen molar-refractivity contribution in [3.63, 3.8) is 0 Å². The summed E-state index contributed by atoms with van der Waals surface area (Å²) in [7, 11) is 0. The Morgan fingerprint density at radius 3 is 2.80 bits per heavy atom. The number of aromatic nitrogens is 8. The van der Waals surface area contributed by atoms with Crippen molar-refractivity contribution in [1.82, 2.24) is 43.9 Å². The lowest BCUT2D eigenvalue weighted by atomic mass is 10.1. The Kier molecular flexibility index (Phi) is 5.67. The Morgan fingerprint density at radius 2 is 1.93 bits per heavy atom. The Morgan fingerprint density at radius 1 is 1.05 bits per heavy atom. The molecule has 0 atom stereocenters. The highest BCUT2D eigenvalue weighted by Crippen LogP contribution is 2.34. The molecule has 7 rings (SSSR count). The zero-order valence-corrected chi connectivity index (χ0v) is 21.7. The van der Waals surface area contributed by atoms with E-state index in [1.54, 1.807) is 44.4 Å². The highest BCUT2D eigenvalue weighted by molar-refractivity contribution is 6.32. The van der Waals surface area contributed by atoms with Crippen LogP contribution in [-0.4, -0.2) is 56.3 Å². The van der Waals surface area contributed by atoms with E-state index in [0.717, 1.165) is 28.0 Å². The van der Waals surface area contributed by atoms with Crippen LogP contribution in [0.3, 0.4) is 0 Å². The molecule has 0 saturated carbocycles. The first kappa shape index (κ1) is 23.9. The second-order valence-corrected chi connectivity index (χ2v) is 9.56. The van der Waals surface area contributed by atoms with Crippen molar-refractivity contribution in [2.45, 2.75) is 13.1 Å². The number of carbonyl (C=O) groups excluding carboxylic acids is 1. The summed E-state index contributed by atoms with van der Waals surface area (Å²) in [6.07, 6.45) is 9.82. The number of ether oxygens (including phenoxy) is 1. The van der Waals surface area contributed by atoms with Crippen LogP contribution in [0.1, 0.15) is 5.69 Å². The van der Waals surface area contributed by atoms with Gasteiger partial charge >= 0.3 is 0 Å². The van der Waals surface area contributed by atoms with Crippen LogP contribution in [0.5, 0.6) is 11.5 Å². The second kappa shape index (κ2) is 9.50. The molecule has 198 valence electrons. The smallest absolute Gasteiger partial charge is 0.246 e. The highest BCUT2D eigenvalue weighted by Gasteiger charge is 2.24. The monoisotopic (exact) mass is 552 g/mol. The number of nitrogens with zero attached hydrogens (tertiary/aromatic N) is 9. The first-order valence-corrected chi connectivity index (χ1v) is 12.8. The maximum Gasteiger partial charge on any atom is 0.246 e. The van der Waals surface area contributed by atoms with E-state index in [4.69, 9.17) is 16.3 Å². The van der Waals surface area contributed by atoms with Gasteiger partial charge in [0, 0.05) is 41.8 Å². The SMILES string of the molecule is C=CC(=O)N1CCn2ncc(-c3cc4c(Nc5ccc(Oc6ccn7ncnc7c6)c(Cl)c5)ncnn4c3)c2C1. The first-order valence-electron chi connectivity index (χ1n) is 12.4. The summed E-state index contributed by atoms with van der Waals surface area (Å²) in [5.41, 5.74) is 4.99. The normalized spacial score (nSPS) is 13.0. The molecule has 0 aliphatic carbocycles. The molecule has 0 spiro atoms. The summed E-state index contributed by atoms with van der Waals surface area (Å²) in [4.78, 5) is 22.6. The number of hydrogen-bond donors (Lipinski definition) is 1. The molecule has 13 heteroatoms. The minimum absolute atomic E-state index is 0.0933. The third kappa shape index (κ3) is 4.20. The molecule has 0 bridgehead atoms. The van der Waals surface area contributed by atoms with E-state index in [1.807, 2.05) is 29.2 Å². The number of rotatable bonds is 6. The third-order valence-corrected chi connectivity index (χ3v) is 7.04. The molecular formula is C27H21ClN10O2. The van der Waals surface area contributed by atoms with Gasteiger partial charge < -0.3 is 15.0 Å². The van der Waals surface area contributed by atoms with Crippen LogP contribution in [0.15, 0.2) is 80.3 Å². The minimum atomic E-state index is -0.0933. The predicted octanol–water partition coefficient (Wildman–Crippen LogP) is 4.35. The fraction of sp³-hybridized carbons (Fsp3) is 0.111. The van der Waals surface area contributed by atoms with Gasteiger partial charge in [-0.25, -0.2) is 19.0 Å². The quantitative estimate of drug-likeness (QED) is 0.303. The van der Waals surface area contributed by atoms with Crippen molar-refractivity contribution in [3.8, 4) is 22.6 Å². The topological polar surface area (TPSA) is 120 Å². The average molecular weight is 553 g/mol. The van der Waals surface area contributed by atoms with Gasteiger partial charge in [-0.3, -0.25) is 9.48 Å². The number of amides is 1. The third-order valence-electron chi connectivity index (χ3n) is 6.75. The van der Waals surface area contributed by atoms with Crippen LogP contribution >= 0.6 is 11.6 Å². The number of fused-ring (bicyclic) bond motifs is 3. The number of anilines is 2. The maximum atomic E-state index is 12.2. The van der Waals surface area contributed by atoms with Crippen molar-refractivity contribution in [2.24, 2.45) is 0 Å². The molecule has 1 aliphatic rings. The summed E-state index contributed by atoms with van der Waals surface area (Å²) in [6, 6.07) is 11.0. The van der Waals surface area contributed by atoms with Crippen LogP contribution in [0.4, 0.5) is 11.5 Å². The Hall–Kier alpha value is -5.23. The van der Waals surface area contributed by atoms with E-state index in [0.29, 0.717) is 47.6 Å². The summed E-state index contributed by atoms with van der Waals surface area (Å²) < 4.78 is 11.3. The van der Waals surface area contributed by atoms with Crippen LogP contribution in [0, 0.1) is 0 Å². The van der Waals surface area contributed by atoms with E-state index in [-0.39, 0.29) is 5.91 Å². The van der Waals surface area contributed by atoms with Gasteiger partial charge in [-0.05, 0) is 36.4 Å². The summed E-state index contributed by atoms with van der Waals surface area (Å²) in [5, 5.41) is 16.8. The summed E-state index contributed by atoms with van der Waals surface area (Å²) in [5.74, 6) is 1.61. The molecule has 40 heavy (non-hydrogen) atoms. The van der Waals surface area contributed by atoms with Crippen LogP contribution in [-0.2, 0) is 17.9 Å². The molecule has 6 aromatic rings. The van der Waals surface area contributed by atoms with Gasteiger partial charge in [0.2, 0.25) is 5.91 Å². The molecule has 1 N–H and O–H groups in total.